The van der Waals surface area contributed by atoms with Gasteiger partial charge in [0.2, 0.25) is 0 Å². The summed E-state index contributed by atoms with van der Waals surface area (Å²) in [5.74, 6) is 0. The lowest BCUT2D eigenvalue weighted by molar-refractivity contribution is 1.33. The minimum Gasteiger partial charge on any atom is -0.256 e. The van der Waals surface area contributed by atoms with Crippen LogP contribution in [0.5, 0.6) is 0 Å². The Morgan fingerprint density at radius 2 is 0.344 bits per heavy atom. The van der Waals surface area contributed by atoms with Crippen LogP contribution >= 0.6 is 0 Å². The smallest absolute Gasteiger partial charge is 0.0702 e. The van der Waals surface area contributed by atoms with E-state index in [4.69, 9.17) is 15.0 Å². The maximum absolute atomic E-state index is 4.86. The van der Waals surface area contributed by atoms with Crippen molar-refractivity contribution < 1.29 is 0 Å². The van der Waals surface area contributed by atoms with Gasteiger partial charge in [-0.2, -0.15) is 0 Å². The third-order valence-electron chi connectivity index (χ3n) is 18.3. The van der Waals surface area contributed by atoms with Crippen molar-refractivity contribution in [2.45, 2.75) is 0 Å². The summed E-state index contributed by atoms with van der Waals surface area (Å²) in [7, 11) is 0. The van der Waals surface area contributed by atoms with E-state index in [1.165, 1.54) is 16.7 Å². The van der Waals surface area contributed by atoms with Crippen molar-refractivity contribution in [3.63, 3.8) is 0 Å². The number of nitrogens with zero attached hydrogens (tertiary/aromatic N) is 3. The molecule has 13 aromatic carbocycles. The zero-order chi connectivity index (χ0) is 64.0. The predicted molar refractivity (Wildman–Crippen MR) is 401 cm³/mol. The van der Waals surface area contributed by atoms with Gasteiger partial charge in [-0.3, -0.25) is 15.0 Å². The van der Waals surface area contributed by atoms with E-state index in [-0.39, 0.29) is 0 Å². The van der Waals surface area contributed by atoms with Gasteiger partial charge in [0.15, 0.2) is 0 Å². The molecule has 0 N–H and O–H groups in total. The molecule has 0 radical (unpaired) electrons. The highest BCUT2D eigenvalue weighted by Gasteiger charge is 2.22. The normalized spacial score (nSPS) is 11.1. The Morgan fingerprint density at radius 1 is 0.115 bits per heavy atom. The number of benzene rings is 13. The second kappa shape index (κ2) is 26.5. The van der Waals surface area contributed by atoms with E-state index < -0.39 is 0 Å². The number of aromatic nitrogens is 3. The van der Waals surface area contributed by atoms with Crippen molar-refractivity contribution >= 4 is 0 Å². The van der Waals surface area contributed by atoms with Gasteiger partial charge in [-0.15, -0.1) is 0 Å². The summed E-state index contributed by atoms with van der Waals surface area (Å²) in [6.07, 6.45) is 5.62. The van der Waals surface area contributed by atoms with Gasteiger partial charge in [-0.05, 0) is 225 Å². The van der Waals surface area contributed by atoms with Crippen molar-refractivity contribution in [3.05, 3.63) is 383 Å². The highest BCUT2D eigenvalue weighted by molar-refractivity contribution is 6.01. The third-order valence-corrected chi connectivity index (χ3v) is 18.3. The van der Waals surface area contributed by atoms with E-state index in [2.05, 4.69) is 346 Å². The molecule has 16 rings (SSSR count). The van der Waals surface area contributed by atoms with Crippen LogP contribution in [0, 0.1) is 0 Å². The average Bonchev–Trinajstić information content (AvgIpc) is 0.779. The maximum Gasteiger partial charge on any atom is 0.0702 e. The molecule has 3 heterocycles. The van der Waals surface area contributed by atoms with Crippen LogP contribution < -0.4 is 0 Å². The lowest BCUT2D eigenvalue weighted by Crippen LogP contribution is -1.95. The summed E-state index contributed by atoms with van der Waals surface area (Å²) in [5, 5.41) is 0. The number of pyridine rings is 3. The first-order valence-electron chi connectivity index (χ1n) is 32.7. The van der Waals surface area contributed by atoms with Crippen molar-refractivity contribution in [2.75, 3.05) is 0 Å². The Hall–Kier alpha value is -12.7. The number of hydrogen-bond donors (Lipinski definition) is 0. The number of hydrogen-bond acceptors (Lipinski definition) is 3. The predicted octanol–water partition coefficient (Wildman–Crippen LogP) is 24.9. The molecule has 450 valence electrons. The van der Waals surface area contributed by atoms with Crippen molar-refractivity contribution in [3.8, 4) is 167 Å². The van der Waals surface area contributed by atoms with Crippen LogP contribution in [0.2, 0.25) is 0 Å². The molecule has 3 heteroatoms. The SMILES string of the molecule is c1ccc(-c2cccc(-c3cc(-c4ccccn4)ccc3-c3ccccc3-c3cc(-c4ccccc4-c4ccc(-c5ccccn5)cc4-c4cccc(-c5ccccc5)c4)cc(-c4ccccc4-c4ccc(-c5ccccn5)cc4-c4cccc(-c5ccccc5)c4)c3)c2)cc1. The summed E-state index contributed by atoms with van der Waals surface area (Å²) in [6.45, 7) is 0. The van der Waals surface area contributed by atoms with E-state index in [0.29, 0.717) is 0 Å². The molecule has 0 aliphatic carbocycles. The molecular weight excluding hydrogens is 1160 g/mol. The molecule has 0 aliphatic rings. The second-order valence-corrected chi connectivity index (χ2v) is 24.2. The summed E-state index contributed by atoms with van der Waals surface area (Å²) in [6, 6.07) is 132. The van der Waals surface area contributed by atoms with Gasteiger partial charge in [0, 0.05) is 35.3 Å². The molecular formula is C93H63N3. The lowest BCUT2D eigenvalue weighted by Gasteiger charge is -2.21. The lowest BCUT2D eigenvalue weighted by atomic mass is 9.83. The molecule has 96 heavy (non-hydrogen) atoms. The molecule has 3 aromatic heterocycles. The van der Waals surface area contributed by atoms with Crippen LogP contribution in [-0.2, 0) is 0 Å². The number of rotatable bonds is 15. The zero-order valence-corrected chi connectivity index (χ0v) is 52.7. The van der Waals surface area contributed by atoms with Crippen molar-refractivity contribution in [2.24, 2.45) is 0 Å². The van der Waals surface area contributed by atoms with Gasteiger partial charge < -0.3 is 0 Å². The topological polar surface area (TPSA) is 38.7 Å². The van der Waals surface area contributed by atoms with Gasteiger partial charge in [-0.1, -0.05) is 273 Å². The van der Waals surface area contributed by atoms with Crippen molar-refractivity contribution in [1.82, 2.24) is 15.0 Å². The molecule has 0 atom stereocenters. The Bertz CT molecular complexity index is 4880. The van der Waals surface area contributed by atoms with Crippen LogP contribution in [0.4, 0.5) is 0 Å². The molecule has 0 bridgehead atoms. The standard InChI is InChI=1S/C93H63N3/c1-4-25-64(26-5-1)67-31-22-34-70(55-67)88-61-73(91-43-16-19-52-94-91)46-49-85(88)82-40-13-10-37-79(82)76-58-77(80-38-11-14-41-83(80)86-50-47-74(92-44-17-20-53-95-92)62-89(86)71-35-23-32-68(56-71)65-27-6-2-7-28-65)60-78(59-76)81-39-12-15-42-84(81)87-51-48-75(93-45-18-21-54-96-93)63-90(87)72-36-24-33-69(57-72)66-29-8-3-9-30-66/h1-63H. The van der Waals surface area contributed by atoms with E-state index in [9.17, 15) is 0 Å². The first kappa shape index (κ1) is 58.4. The van der Waals surface area contributed by atoms with Gasteiger partial charge in [-0.25, -0.2) is 0 Å². The fourth-order valence-corrected chi connectivity index (χ4v) is 13.6. The van der Waals surface area contributed by atoms with Crippen molar-refractivity contribution in [1.29, 1.82) is 0 Å². The summed E-state index contributed by atoms with van der Waals surface area (Å²) < 4.78 is 0. The molecule has 0 amide bonds. The summed E-state index contributed by atoms with van der Waals surface area (Å²) in [4.78, 5) is 14.6. The molecule has 0 saturated heterocycles. The summed E-state index contributed by atoms with van der Waals surface area (Å²) in [5.41, 5.74) is 32.9. The van der Waals surface area contributed by atoms with Gasteiger partial charge in [0.1, 0.15) is 0 Å². The van der Waals surface area contributed by atoms with Gasteiger partial charge in [0.05, 0.1) is 17.1 Å². The third kappa shape index (κ3) is 12.0. The van der Waals surface area contributed by atoms with Crippen LogP contribution in [0.1, 0.15) is 0 Å². The van der Waals surface area contributed by atoms with Gasteiger partial charge in [0.25, 0.3) is 0 Å². The largest absolute Gasteiger partial charge is 0.256 e. The first-order chi connectivity index (χ1) is 47.6. The molecule has 0 fully saturated rings. The highest BCUT2D eigenvalue weighted by Crippen LogP contribution is 2.48. The monoisotopic (exact) mass is 1220 g/mol. The maximum atomic E-state index is 4.86. The molecule has 0 aliphatic heterocycles. The first-order valence-corrected chi connectivity index (χ1v) is 32.7. The Balaban J connectivity index is 0.928. The molecule has 0 spiro atoms. The van der Waals surface area contributed by atoms with E-state index in [0.717, 1.165) is 151 Å². The Morgan fingerprint density at radius 3 is 0.625 bits per heavy atom. The van der Waals surface area contributed by atoms with Crippen LogP contribution in [-0.4, -0.2) is 15.0 Å². The van der Waals surface area contributed by atoms with E-state index >= 15 is 0 Å². The summed E-state index contributed by atoms with van der Waals surface area (Å²) >= 11 is 0. The van der Waals surface area contributed by atoms with E-state index in [1.807, 2.05) is 36.8 Å². The molecule has 0 unspecified atom stereocenters. The van der Waals surface area contributed by atoms with Crippen LogP contribution in [0.15, 0.2) is 383 Å². The fourth-order valence-electron chi connectivity index (χ4n) is 13.6. The Kier molecular flexibility index (Phi) is 16.1. The van der Waals surface area contributed by atoms with Crippen LogP contribution in [0.3, 0.4) is 0 Å². The highest BCUT2D eigenvalue weighted by atomic mass is 14.7. The minimum absolute atomic E-state index is 0.921. The molecule has 3 nitrogen and oxygen atoms in total. The fraction of sp³-hybridized carbons (Fsp3) is 0. The minimum atomic E-state index is 0.921. The molecule has 0 saturated carbocycles. The quantitative estimate of drug-likeness (QED) is 0.103. The zero-order valence-electron chi connectivity index (χ0n) is 52.7. The average molecular weight is 1220 g/mol. The second-order valence-electron chi connectivity index (χ2n) is 24.2. The van der Waals surface area contributed by atoms with Crippen LogP contribution in [0.25, 0.3) is 167 Å². The molecule has 16 aromatic rings. The van der Waals surface area contributed by atoms with E-state index in [1.54, 1.807) is 0 Å². The Labute approximate surface area is 561 Å². The van der Waals surface area contributed by atoms with Gasteiger partial charge >= 0.3 is 0 Å².